The normalized spacial score (nSPS) is 12.2. The molecule has 1 heterocycles. The molecule has 0 aliphatic heterocycles. The summed E-state index contributed by atoms with van der Waals surface area (Å²) < 4.78 is 17.3. The van der Waals surface area contributed by atoms with Crippen LogP contribution in [0.15, 0.2) is 39.4 Å². The smallest absolute Gasteiger partial charge is 0.169 e. The quantitative estimate of drug-likeness (QED) is 0.870. The van der Waals surface area contributed by atoms with E-state index in [1.54, 1.807) is 14.2 Å². The van der Waals surface area contributed by atoms with Crippen molar-refractivity contribution in [2.75, 3.05) is 20.8 Å². The first-order valence-electron chi connectivity index (χ1n) is 6.40. The van der Waals surface area contributed by atoms with Crippen LogP contribution in [0.3, 0.4) is 0 Å². The van der Waals surface area contributed by atoms with Crippen LogP contribution in [0.5, 0.6) is 11.5 Å². The fraction of sp³-hybridized carbons (Fsp3) is 0.333. The monoisotopic (exact) mass is 339 g/mol. The van der Waals surface area contributed by atoms with Gasteiger partial charge < -0.3 is 19.2 Å². The van der Waals surface area contributed by atoms with Crippen molar-refractivity contribution in [1.29, 1.82) is 0 Å². The molecule has 1 aromatic carbocycles. The molecule has 0 aliphatic rings. The molecule has 2 aromatic rings. The van der Waals surface area contributed by atoms with Gasteiger partial charge >= 0.3 is 0 Å². The highest BCUT2D eigenvalue weighted by molar-refractivity contribution is 9.10. The van der Waals surface area contributed by atoms with E-state index >= 15 is 0 Å². The largest absolute Gasteiger partial charge is 0.496 e. The molecule has 1 aromatic heterocycles. The summed E-state index contributed by atoms with van der Waals surface area (Å²) in [6, 6.07) is 9.42. The second kappa shape index (κ2) is 6.81. The van der Waals surface area contributed by atoms with Crippen molar-refractivity contribution in [1.82, 2.24) is 5.32 Å². The molecule has 20 heavy (non-hydrogen) atoms. The zero-order valence-electron chi connectivity index (χ0n) is 11.8. The van der Waals surface area contributed by atoms with Crippen LogP contribution >= 0.6 is 15.9 Å². The Hall–Kier alpha value is -1.46. The molecule has 1 atom stereocenters. The highest BCUT2D eigenvalue weighted by Crippen LogP contribution is 2.38. The van der Waals surface area contributed by atoms with Crippen molar-refractivity contribution < 1.29 is 13.9 Å². The highest BCUT2D eigenvalue weighted by Gasteiger charge is 2.24. The Morgan fingerprint density at radius 3 is 2.25 bits per heavy atom. The molecular weight excluding hydrogens is 322 g/mol. The van der Waals surface area contributed by atoms with Gasteiger partial charge in [0.1, 0.15) is 17.3 Å². The third-order valence-electron chi connectivity index (χ3n) is 3.04. The van der Waals surface area contributed by atoms with E-state index < -0.39 is 0 Å². The van der Waals surface area contributed by atoms with E-state index in [0.29, 0.717) is 4.67 Å². The number of methoxy groups -OCH3 is 2. The molecule has 0 saturated carbocycles. The van der Waals surface area contributed by atoms with Crippen molar-refractivity contribution in [3.8, 4) is 11.5 Å². The maximum absolute atomic E-state index is 5.69. The van der Waals surface area contributed by atoms with Crippen LogP contribution < -0.4 is 14.8 Å². The predicted molar refractivity (Wildman–Crippen MR) is 81.5 cm³/mol. The van der Waals surface area contributed by atoms with Crippen LogP contribution in [-0.4, -0.2) is 20.8 Å². The molecule has 5 heteroatoms. The Labute approximate surface area is 127 Å². The van der Waals surface area contributed by atoms with Crippen molar-refractivity contribution >= 4 is 15.9 Å². The van der Waals surface area contributed by atoms with Crippen LogP contribution in [0, 0.1) is 0 Å². The fourth-order valence-corrected chi connectivity index (χ4v) is 2.52. The lowest BCUT2D eigenvalue weighted by molar-refractivity contribution is 0.365. The molecule has 108 valence electrons. The number of rotatable bonds is 6. The van der Waals surface area contributed by atoms with Gasteiger partial charge in [-0.3, -0.25) is 0 Å². The van der Waals surface area contributed by atoms with Gasteiger partial charge in [0.25, 0.3) is 0 Å². The second-order valence-corrected chi connectivity index (χ2v) is 4.99. The highest BCUT2D eigenvalue weighted by atomic mass is 79.9. The predicted octanol–water partition coefficient (Wildman–Crippen LogP) is 3.76. The van der Waals surface area contributed by atoms with E-state index in [4.69, 9.17) is 13.9 Å². The minimum Gasteiger partial charge on any atom is -0.496 e. The van der Waals surface area contributed by atoms with Crippen LogP contribution in [0.1, 0.15) is 24.3 Å². The third kappa shape index (κ3) is 2.99. The average Bonchev–Trinajstić information content (AvgIpc) is 2.90. The molecule has 1 N–H and O–H groups in total. The number of hydrogen-bond donors (Lipinski definition) is 1. The van der Waals surface area contributed by atoms with E-state index in [1.807, 2.05) is 37.3 Å². The zero-order chi connectivity index (χ0) is 14.5. The molecule has 0 spiro atoms. The minimum absolute atomic E-state index is 0.127. The average molecular weight is 340 g/mol. The lowest BCUT2D eigenvalue weighted by Crippen LogP contribution is -2.22. The van der Waals surface area contributed by atoms with E-state index in [0.717, 1.165) is 29.4 Å². The summed E-state index contributed by atoms with van der Waals surface area (Å²) in [6.07, 6.45) is 0. The summed E-state index contributed by atoms with van der Waals surface area (Å²) in [5.74, 6) is 2.34. The Kier molecular flexibility index (Phi) is 5.09. The second-order valence-electron chi connectivity index (χ2n) is 4.21. The van der Waals surface area contributed by atoms with Gasteiger partial charge in [-0.05, 0) is 46.7 Å². The Balaban J connectivity index is 2.53. The van der Waals surface area contributed by atoms with Crippen LogP contribution in [0.4, 0.5) is 0 Å². The molecule has 4 nitrogen and oxygen atoms in total. The van der Waals surface area contributed by atoms with Gasteiger partial charge in [-0.25, -0.2) is 0 Å². The standard InChI is InChI=1S/C15H18BrNO3/c1-4-17-15(12-8-9-13(16)20-12)14-10(18-2)6-5-7-11(14)19-3/h5-9,15,17H,4H2,1-3H3. The summed E-state index contributed by atoms with van der Waals surface area (Å²) in [5.41, 5.74) is 0.932. The van der Waals surface area contributed by atoms with Gasteiger partial charge in [-0.15, -0.1) is 0 Å². The molecule has 0 radical (unpaired) electrons. The maximum atomic E-state index is 5.69. The van der Waals surface area contributed by atoms with Gasteiger partial charge in [0.2, 0.25) is 0 Å². The summed E-state index contributed by atoms with van der Waals surface area (Å²) in [6.45, 7) is 2.84. The Morgan fingerprint density at radius 2 is 1.80 bits per heavy atom. The zero-order valence-corrected chi connectivity index (χ0v) is 13.4. The van der Waals surface area contributed by atoms with Crippen LogP contribution in [0.25, 0.3) is 0 Å². The molecule has 0 bridgehead atoms. The van der Waals surface area contributed by atoms with E-state index in [1.165, 1.54) is 0 Å². The van der Waals surface area contributed by atoms with Crippen molar-refractivity contribution in [2.45, 2.75) is 13.0 Å². The Morgan fingerprint density at radius 1 is 1.15 bits per heavy atom. The van der Waals surface area contributed by atoms with Crippen molar-refractivity contribution in [3.63, 3.8) is 0 Å². The summed E-state index contributed by atoms with van der Waals surface area (Å²) in [5, 5.41) is 3.40. The molecule has 0 fully saturated rings. The van der Waals surface area contributed by atoms with Gasteiger partial charge in [0.15, 0.2) is 4.67 Å². The lowest BCUT2D eigenvalue weighted by atomic mass is 10.0. The van der Waals surface area contributed by atoms with Gasteiger partial charge in [-0.1, -0.05) is 13.0 Å². The third-order valence-corrected chi connectivity index (χ3v) is 3.47. The number of hydrogen-bond acceptors (Lipinski definition) is 4. The summed E-state index contributed by atoms with van der Waals surface area (Å²) >= 11 is 3.34. The topological polar surface area (TPSA) is 43.6 Å². The lowest BCUT2D eigenvalue weighted by Gasteiger charge is -2.21. The molecule has 0 saturated heterocycles. The van der Waals surface area contributed by atoms with Crippen molar-refractivity contribution in [2.24, 2.45) is 0 Å². The van der Waals surface area contributed by atoms with E-state index in [2.05, 4.69) is 21.2 Å². The first-order valence-corrected chi connectivity index (χ1v) is 7.20. The molecule has 0 amide bonds. The molecule has 2 rings (SSSR count). The molecule has 0 aliphatic carbocycles. The number of halogens is 1. The number of nitrogens with one attached hydrogen (secondary N) is 1. The Bertz CT molecular complexity index is 546. The minimum atomic E-state index is -0.127. The summed E-state index contributed by atoms with van der Waals surface area (Å²) in [7, 11) is 3.30. The number of furan rings is 1. The maximum Gasteiger partial charge on any atom is 0.169 e. The number of ether oxygens (including phenoxy) is 2. The first-order chi connectivity index (χ1) is 9.71. The SMILES string of the molecule is CCNC(c1ccc(Br)o1)c1c(OC)cccc1OC. The molecule has 1 unspecified atom stereocenters. The summed E-state index contributed by atoms with van der Waals surface area (Å²) in [4.78, 5) is 0. The molecular formula is C15H18BrNO3. The van der Waals surface area contributed by atoms with E-state index in [-0.39, 0.29) is 6.04 Å². The van der Waals surface area contributed by atoms with Crippen LogP contribution in [0.2, 0.25) is 0 Å². The van der Waals surface area contributed by atoms with Crippen LogP contribution in [-0.2, 0) is 0 Å². The van der Waals surface area contributed by atoms with Gasteiger partial charge in [-0.2, -0.15) is 0 Å². The van der Waals surface area contributed by atoms with Crippen molar-refractivity contribution in [3.05, 3.63) is 46.3 Å². The fourth-order valence-electron chi connectivity index (χ4n) is 2.20. The first kappa shape index (κ1) is 14.9. The van der Waals surface area contributed by atoms with Gasteiger partial charge in [0.05, 0.1) is 25.8 Å². The van der Waals surface area contributed by atoms with Gasteiger partial charge in [0, 0.05) is 0 Å². The number of benzene rings is 1. The van der Waals surface area contributed by atoms with E-state index in [9.17, 15) is 0 Å².